The molecular weight excluding hydrogens is 350 g/mol. The number of benzene rings is 1. The maximum Gasteiger partial charge on any atom is 0.282 e. The predicted molar refractivity (Wildman–Crippen MR) is 92.0 cm³/mol. The second kappa shape index (κ2) is 6.84. The number of rotatable bonds is 5. The van der Waals surface area contributed by atoms with E-state index in [4.69, 9.17) is 16.0 Å². The molecule has 130 valence electrons. The molecule has 1 aromatic carbocycles. The molecule has 0 spiro atoms. The normalized spacial score (nSPS) is 19.2. The number of hydrogen-bond acceptors (Lipinski definition) is 4. The third-order valence-corrected chi connectivity index (χ3v) is 6.31. The van der Waals surface area contributed by atoms with Crippen LogP contribution in [0.4, 0.5) is 0 Å². The first-order valence-electron chi connectivity index (χ1n) is 7.76. The van der Waals surface area contributed by atoms with Crippen molar-refractivity contribution in [1.29, 1.82) is 0 Å². The van der Waals surface area contributed by atoms with E-state index in [2.05, 4.69) is 4.98 Å². The van der Waals surface area contributed by atoms with Crippen LogP contribution in [0.15, 0.2) is 34.9 Å². The van der Waals surface area contributed by atoms with Crippen molar-refractivity contribution in [1.82, 2.24) is 13.6 Å². The molecule has 1 aromatic heterocycles. The van der Waals surface area contributed by atoms with Crippen LogP contribution in [0.5, 0.6) is 0 Å². The predicted octanol–water partition coefficient (Wildman–Crippen LogP) is 2.86. The summed E-state index contributed by atoms with van der Waals surface area (Å²) in [7, 11) is -0.408. The van der Waals surface area contributed by atoms with Crippen LogP contribution in [0.3, 0.4) is 0 Å². The maximum absolute atomic E-state index is 12.4. The Hall–Kier alpha value is -1.41. The molecule has 1 unspecified atom stereocenters. The van der Waals surface area contributed by atoms with Crippen LogP contribution in [-0.4, -0.2) is 42.7 Å². The van der Waals surface area contributed by atoms with Gasteiger partial charge in [0.25, 0.3) is 10.2 Å². The van der Waals surface area contributed by atoms with Crippen molar-refractivity contribution in [3.8, 4) is 0 Å². The van der Waals surface area contributed by atoms with Crippen molar-refractivity contribution in [2.75, 3.05) is 20.6 Å². The first kappa shape index (κ1) is 17.4. The van der Waals surface area contributed by atoms with Crippen molar-refractivity contribution < 1.29 is 12.8 Å². The van der Waals surface area contributed by atoms with Crippen LogP contribution in [0, 0.1) is 0 Å². The molecule has 6 nitrogen and oxygen atoms in total. The van der Waals surface area contributed by atoms with Crippen molar-refractivity contribution in [2.45, 2.75) is 25.3 Å². The lowest BCUT2D eigenvalue weighted by molar-refractivity contribution is 0.306. The Morgan fingerprint density at radius 1 is 1.33 bits per heavy atom. The van der Waals surface area contributed by atoms with Gasteiger partial charge in [-0.05, 0) is 30.5 Å². The summed E-state index contributed by atoms with van der Waals surface area (Å²) in [5.74, 6) is 1.17. The van der Waals surface area contributed by atoms with E-state index in [0.29, 0.717) is 36.1 Å². The molecule has 2 heterocycles. The van der Waals surface area contributed by atoms with E-state index in [0.717, 1.165) is 12.0 Å². The van der Waals surface area contributed by atoms with Gasteiger partial charge in [-0.25, -0.2) is 4.98 Å². The summed E-state index contributed by atoms with van der Waals surface area (Å²) >= 11 is 5.89. The van der Waals surface area contributed by atoms with Gasteiger partial charge in [0, 0.05) is 32.1 Å². The molecule has 0 saturated carbocycles. The highest BCUT2D eigenvalue weighted by atomic mass is 35.5. The molecular formula is C16H20ClN3O3S. The molecule has 0 aliphatic carbocycles. The average molecular weight is 370 g/mol. The van der Waals surface area contributed by atoms with Crippen LogP contribution in [-0.2, 0) is 16.6 Å². The molecule has 2 aromatic rings. The van der Waals surface area contributed by atoms with Gasteiger partial charge in [-0.15, -0.1) is 0 Å². The molecule has 0 N–H and O–H groups in total. The minimum absolute atomic E-state index is 0.337. The smallest absolute Gasteiger partial charge is 0.282 e. The highest BCUT2D eigenvalue weighted by Gasteiger charge is 2.39. The Kier molecular flexibility index (Phi) is 4.96. The van der Waals surface area contributed by atoms with Crippen molar-refractivity contribution in [2.24, 2.45) is 0 Å². The highest BCUT2D eigenvalue weighted by molar-refractivity contribution is 7.86. The summed E-state index contributed by atoms with van der Waals surface area (Å²) in [6.07, 6.45) is 3.78. The first-order valence-corrected chi connectivity index (χ1v) is 9.54. The number of oxazole rings is 1. The fourth-order valence-electron chi connectivity index (χ4n) is 2.83. The van der Waals surface area contributed by atoms with Crippen molar-refractivity contribution in [3.63, 3.8) is 0 Å². The van der Waals surface area contributed by atoms with Gasteiger partial charge in [0.15, 0.2) is 0 Å². The summed E-state index contributed by atoms with van der Waals surface area (Å²) in [5.41, 5.74) is 1.06. The van der Waals surface area contributed by atoms with Crippen LogP contribution in [0.1, 0.15) is 36.1 Å². The lowest BCUT2D eigenvalue weighted by atomic mass is 10.1. The molecule has 1 aliphatic heterocycles. The van der Waals surface area contributed by atoms with Gasteiger partial charge < -0.3 is 4.42 Å². The molecule has 24 heavy (non-hydrogen) atoms. The van der Waals surface area contributed by atoms with E-state index in [1.54, 1.807) is 6.20 Å². The van der Waals surface area contributed by atoms with Crippen molar-refractivity contribution >= 4 is 21.8 Å². The summed E-state index contributed by atoms with van der Waals surface area (Å²) in [6, 6.07) is 7.19. The molecule has 1 aliphatic rings. The Labute approximate surface area is 147 Å². The fourth-order valence-corrected chi connectivity index (χ4v) is 4.26. The Morgan fingerprint density at radius 3 is 2.71 bits per heavy atom. The molecule has 0 radical (unpaired) electrons. The van der Waals surface area contributed by atoms with E-state index >= 15 is 0 Å². The van der Waals surface area contributed by atoms with Crippen molar-refractivity contribution in [3.05, 3.63) is 52.7 Å². The standard InChI is InChI=1S/C16H20ClN3O3S/c1-19(2)24(21,22)20-9-3-4-15(20)16-18-11-14(23-16)10-12-5-7-13(17)8-6-12/h5-8,11,15H,3-4,9-10H2,1-2H3. The summed E-state index contributed by atoms with van der Waals surface area (Å²) < 4.78 is 33.4. The molecule has 0 bridgehead atoms. The Morgan fingerprint density at radius 2 is 2.04 bits per heavy atom. The third kappa shape index (κ3) is 3.49. The van der Waals surface area contributed by atoms with Gasteiger partial charge in [0.2, 0.25) is 5.89 Å². The molecule has 1 atom stereocenters. The lowest BCUT2D eigenvalue weighted by Crippen LogP contribution is -2.39. The van der Waals surface area contributed by atoms with E-state index in [-0.39, 0.29) is 6.04 Å². The summed E-state index contributed by atoms with van der Waals surface area (Å²) in [5, 5.41) is 0.687. The fraction of sp³-hybridized carbons (Fsp3) is 0.438. The molecule has 1 fully saturated rings. The zero-order valence-corrected chi connectivity index (χ0v) is 15.2. The minimum Gasteiger partial charge on any atom is -0.444 e. The average Bonchev–Trinajstić information content (AvgIpc) is 3.18. The summed E-state index contributed by atoms with van der Waals surface area (Å²) in [6.45, 7) is 0.486. The number of nitrogens with zero attached hydrogens (tertiary/aromatic N) is 3. The van der Waals surface area contributed by atoms with Gasteiger partial charge in [0.05, 0.1) is 6.20 Å². The molecule has 8 heteroatoms. The van der Waals surface area contributed by atoms with Gasteiger partial charge >= 0.3 is 0 Å². The van der Waals surface area contributed by atoms with Crippen LogP contribution in [0.2, 0.25) is 5.02 Å². The molecule has 1 saturated heterocycles. The molecule has 0 amide bonds. The van der Waals surface area contributed by atoms with E-state index in [9.17, 15) is 8.42 Å². The minimum atomic E-state index is -3.48. The SMILES string of the molecule is CN(C)S(=O)(=O)N1CCCC1c1ncc(Cc2ccc(Cl)cc2)o1. The number of halogens is 1. The maximum atomic E-state index is 12.4. The number of aromatic nitrogens is 1. The van der Waals surface area contributed by atoms with Gasteiger partial charge in [0.1, 0.15) is 11.8 Å². The number of hydrogen-bond donors (Lipinski definition) is 0. The van der Waals surface area contributed by atoms with Crippen LogP contribution >= 0.6 is 11.6 Å². The van der Waals surface area contributed by atoms with Crippen LogP contribution < -0.4 is 0 Å². The second-order valence-corrected chi connectivity index (χ2v) is 8.56. The zero-order chi connectivity index (χ0) is 17.3. The summed E-state index contributed by atoms with van der Waals surface area (Å²) in [4.78, 5) is 4.32. The van der Waals surface area contributed by atoms with Crippen LogP contribution in [0.25, 0.3) is 0 Å². The highest BCUT2D eigenvalue weighted by Crippen LogP contribution is 2.34. The monoisotopic (exact) mass is 369 g/mol. The van der Waals surface area contributed by atoms with Gasteiger partial charge in [-0.3, -0.25) is 0 Å². The molecule has 3 rings (SSSR count). The van der Waals surface area contributed by atoms with Gasteiger partial charge in [-0.2, -0.15) is 17.0 Å². The third-order valence-electron chi connectivity index (χ3n) is 4.11. The second-order valence-electron chi connectivity index (χ2n) is 6.03. The largest absolute Gasteiger partial charge is 0.444 e. The van der Waals surface area contributed by atoms with E-state index in [1.165, 1.54) is 22.7 Å². The van der Waals surface area contributed by atoms with E-state index < -0.39 is 10.2 Å². The lowest BCUT2D eigenvalue weighted by Gasteiger charge is -2.25. The Balaban J connectivity index is 1.78. The topological polar surface area (TPSA) is 66.7 Å². The quantitative estimate of drug-likeness (QED) is 0.812. The Bertz CT molecular complexity index is 802. The van der Waals surface area contributed by atoms with Gasteiger partial charge in [-0.1, -0.05) is 23.7 Å². The zero-order valence-electron chi connectivity index (χ0n) is 13.6. The van der Waals surface area contributed by atoms with E-state index in [1.807, 2.05) is 24.3 Å². The first-order chi connectivity index (χ1) is 11.4.